The molecular weight excluding hydrogens is 278 g/mol. The summed E-state index contributed by atoms with van der Waals surface area (Å²) in [6.45, 7) is 2.37. The average Bonchev–Trinajstić information content (AvgIpc) is 3.08. The first-order valence-corrected chi connectivity index (χ1v) is 7.33. The predicted octanol–water partition coefficient (Wildman–Crippen LogP) is 0.679. The summed E-state index contributed by atoms with van der Waals surface area (Å²) in [6, 6.07) is 3.81. The molecule has 2 aromatic heterocycles. The van der Waals surface area contributed by atoms with E-state index in [0.29, 0.717) is 25.2 Å². The van der Waals surface area contributed by atoms with E-state index in [-0.39, 0.29) is 18.6 Å². The van der Waals surface area contributed by atoms with Crippen LogP contribution in [-0.2, 0) is 11.3 Å². The van der Waals surface area contributed by atoms with E-state index in [0.717, 1.165) is 4.88 Å². The lowest BCUT2D eigenvalue weighted by Crippen LogP contribution is -2.30. The monoisotopic (exact) mass is 295 g/mol. The lowest BCUT2D eigenvalue weighted by Gasteiger charge is -2.08. The summed E-state index contributed by atoms with van der Waals surface area (Å²) in [5.41, 5.74) is 0. The number of nitrogens with one attached hydrogen (secondary N) is 1. The zero-order valence-electron chi connectivity index (χ0n) is 11.2. The average molecular weight is 295 g/mol. The van der Waals surface area contributed by atoms with Crippen molar-refractivity contribution in [2.24, 2.45) is 0 Å². The van der Waals surface area contributed by atoms with E-state index in [4.69, 9.17) is 0 Å². The summed E-state index contributed by atoms with van der Waals surface area (Å²) >= 11 is 1.52. The van der Waals surface area contributed by atoms with E-state index in [9.17, 15) is 9.90 Å². The molecule has 108 valence electrons. The zero-order chi connectivity index (χ0) is 14.4. The molecule has 0 aliphatic heterocycles. The van der Waals surface area contributed by atoms with Crippen LogP contribution in [0.4, 0.5) is 0 Å². The van der Waals surface area contributed by atoms with Crippen molar-refractivity contribution in [2.45, 2.75) is 32.4 Å². The number of aromatic nitrogens is 4. The minimum Gasteiger partial charge on any atom is -0.393 e. The molecule has 8 heteroatoms. The van der Waals surface area contributed by atoms with Gasteiger partial charge in [0.1, 0.15) is 6.54 Å². The first-order chi connectivity index (χ1) is 9.69. The lowest BCUT2D eigenvalue weighted by atomic mass is 10.2. The number of hydrogen-bond donors (Lipinski definition) is 2. The number of nitrogens with zero attached hydrogens (tertiary/aromatic N) is 4. The van der Waals surface area contributed by atoms with Crippen molar-refractivity contribution in [3.63, 3.8) is 0 Å². The minimum absolute atomic E-state index is 0.0284. The molecule has 2 N–H and O–H groups in total. The summed E-state index contributed by atoms with van der Waals surface area (Å²) in [6.07, 6.45) is 0.864. The molecule has 0 saturated heterocycles. The van der Waals surface area contributed by atoms with E-state index in [1.54, 1.807) is 0 Å². The van der Waals surface area contributed by atoms with Crippen molar-refractivity contribution in [3.05, 3.63) is 17.5 Å². The van der Waals surface area contributed by atoms with E-state index in [1.165, 1.54) is 16.1 Å². The van der Waals surface area contributed by atoms with Crippen molar-refractivity contribution < 1.29 is 9.90 Å². The van der Waals surface area contributed by atoms with Crippen LogP contribution >= 0.6 is 11.3 Å². The van der Waals surface area contributed by atoms with Gasteiger partial charge in [-0.1, -0.05) is 13.0 Å². The van der Waals surface area contributed by atoms with Gasteiger partial charge < -0.3 is 10.4 Å². The topological polar surface area (TPSA) is 92.9 Å². The second kappa shape index (κ2) is 7.11. The van der Waals surface area contributed by atoms with Crippen LogP contribution in [0.2, 0.25) is 0 Å². The zero-order valence-corrected chi connectivity index (χ0v) is 12.0. The first-order valence-electron chi connectivity index (χ1n) is 6.45. The molecule has 1 amide bonds. The normalized spacial score (nSPS) is 12.3. The number of amides is 1. The Morgan fingerprint density at radius 2 is 2.45 bits per heavy atom. The molecule has 1 atom stereocenters. The van der Waals surface area contributed by atoms with Crippen molar-refractivity contribution in [2.75, 3.05) is 6.54 Å². The Morgan fingerprint density at radius 1 is 1.60 bits per heavy atom. The number of carbonyl (C=O) groups excluding carboxylic acids is 1. The summed E-state index contributed by atoms with van der Waals surface area (Å²) in [5.74, 6) is 0.331. The molecule has 0 aliphatic rings. The molecule has 0 aliphatic carbocycles. The third-order valence-electron chi connectivity index (χ3n) is 2.75. The third kappa shape index (κ3) is 4.10. The first kappa shape index (κ1) is 14.6. The van der Waals surface area contributed by atoms with Crippen LogP contribution in [0, 0.1) is 0 Å². The van der Waals surface area contributed by atoms with Gasteiger partial charge in [0.15, 0.2) is 0 Å². The van der Waals surface area contributed by atoms with Crippen LogP contribution in [-0.4, -0.2) is 43.9 Å². The van der Waals surface area contributed by atoms with Gasteiger partial charge in [0.2, 0.25) is 11.7 Å². The van der Waals surface area contributed by atoms with Crippen molar-refractivity contribution >= 4 is 17.2 Å². The maximum Gasteiger partial charge on any atom is 0.243 e. The van der Waals surface area contributed by atoms with Gasteiger partial charge >= 0.3 is 0 Å². The summed E-state index contributed by atoms with van der Waals surface area (Å²) in [5, 5.41) is 25.9. The van der Waals surface area contributed by atoms with Crippen molar-refractivity contribution in [1.82, 2.24) is 25.5 Å². The molecular formula is C12H17N5O2S. The highest BCUT2D eigenvalue weighted by atomic mass is 32.1. The molecule has 1 unspecified atom stereocenters. The quantitative estimate of drug-likeness (QED) is 0.783. The van der Waals surface area contributed by atoms with Crippen molar-refractivity contribution in [3.8, 4) is 10.7 Å². The summed E-state index contributed by atoms with van der Waals surface area (Å²) in [7, 11) is 0. The van der Waals surface area contributed by atoms with Crippen LogP contribution in [0.25, 0.3) is 10.7 Å². The Morgan fingerprint density at radius 3 is 3.15 bits per heavy atom. The van der Waals surface area contributed by atoms with Gasteiger partial charge in [0, 0.05) is 6.54 Å². The lowest BCUT2D eigenvalue weighted by molar-refractivity contribution is -0.122. The molecule has 0 saturated carbocycles. The number of tetrazole rings is 1. The predicted molar refractivity (Wildman–Crippen MR) is 75.1 cm³/mol. The smallest absolute Gasteiger partial charge is 0.243 e. The van der Waals surface area contributed by atoms with Gasteiger partial charge in [0.05, 0.1) is 11.0 Å². The fraction of sp³-hybridized carbons (Fsp3) is 0.500. The SMILES string of the molecule is CCC(O)CCNC(=O)Cn1nnc(-c2cccs2)n1. The Labute approximate surface area is 120 Å². The molecule has 0 fully saturated rings. The number of aliphatic hydroxyl groups is 1. The number of aliphatic hydroxyl groups excluding tert-OH is 1. The molecule has 2 aromatic rings. The summed E-state index contributed by atoms with van der Waals surface area (Å²) < 4.78 is 0. The maximum absolute atomic E-state index is 11.7. The van der Waals surface area contributed by atoms with Crippen LogP contribution in [0.1, 0.15) is 19.8 Å². The fourth-order valence-corrected chi connectivity index (χ4v) is 2.23. The fourth-order valence-electron chi connectivity index (χ4n) is 1.58. The van der Waals surface area contributed by atoms with E-state index in [1.807, 2.05) is 24.4 Å². The highest BCUT2D eigenvalue weighted by molar-refractivity contribution is 7.13. The number of thiophene rings is 1. The van der Waals surface area contributed by atoms with Crippen molar-refractivity contribution in [1.29, 1.82) is 0 Å². The van der Waals surface area contributed by atoms with Gasteiger partial charge in [-0.3, -0.25) is 4.79 Å². The Hall–Kier alpha value is -1.80. The molecule has 20 heavy (non-hydrogen) atoms. The Balaban J connectivity index is 1.80. The van der Waals surface area contributed by atoms with Gasteiger partial charge in [-0.05, 0) is 29.5 Å². The molecule has 0 aromatic carbocycles. The van der Waals surface area contributed by atoms with E-state index < -0.39 is 0 Å². The van der Waals surface area contributed by atoms with Gasteiger partial charge in [-0.2, -0.15) is 4.80 Å². The third-order valence-corrected chi connectivity index (χ3v) is 3.62. The number of carbonyl (C=O) groups is 1. The molecule has 0 bridgehead atoms. The second-order valence-corrected chi connectivity index (χ2v) is 5.27. The Kier molecular flexibility index (Phi) is 5.19. The van der Waals surface area contributed by atoms with E-state index in [2.05, 4.69) is 20.7 Å². The maximum atomic E-state index is 11.7. The molecule has 0 radical (unpaired) electrons. The van der Waals surface area contributed by atoms with Gasteiger partial charge in [-0.25, -0.2) is 0 Å². The molecule has 2 rings (SSSR count). The molecule has 0 spiro atoms. The van der Waals surface area contributed by atoms with Crippen LogP contribution < -0.4 is 5.32 Å². The minimum atomic E-state index is -0.370. The number of hydrogen-bond acceptors (Lipinski definition) is 6. The highest BCUT2D eigenvalue weighted by Crippen LogP contribution is 2.19. The van der Waals surface area contributed by atoms with Crippen LogP contribution in [0.15, 0.2) is 17.5 Å². The van der Waals surface area contributed by atoms with Gasteiger partial charge in [-0.15, -0.1) is 21.5 Å². The van der Waals surface area contributed by atoms with Gasteiger partial charge in [0.25, 0.3) is 0 Å². The second-order valence-electron chi connectivity index (χ2n) is 4.32. The van der Waals surface area contributed by atoms with E-state index >= 15 is 0 Å². The van der Waals surface area contributed by atoms with Crippen LogP contribution in [0.5, 0.6) is 0 Å². The Bertz CT molecular complexity index is 540. The number of rotatable bonds is 7. The highest BCUT2D eigenvalue weighted by Gasteiger charge is 2.10. The largest absolute Gasteiger partial charge is 0.393 e. The molecule has 2 heterocycles. The van der Waals surface area contributed by atoms with Crippen LogP contribution in [0.3, 0.4) is 0 Å². The summed E-state index contributed by atoms with van der Waals surface area (Å²) in [4.78, 5) is 13.8. The molecule has 7 nitrogen and oxygen atoms in total. The standard InChI is InChI=1S/C12H17N5O2S/c1-2-9(18)5-6-13-11(19)8-17-15-12(14-16-17)10-4-3-7-20-10/h3-4,7,9,18H,2,5-6,8H2,1H3,(H,13,19).